The van der Waals surface area contributed by atoms with E-state index in [0.29, 0.717) is 18.8 Å². The summed E-state index contributed by atoms with van der Waals surface area (Å²) in [6, 6.07) is 15.7. The van der Waals surface area contributed by atoms with Crippen molar-refractivity contribution in [1.29, 1.82) is 0 Å². The van der Waals surface area contributed by atoms with Gasteiger partial charge in [-0.3, -0.25) is 4.79 Å². The van der Waals surface area contributed by atoms with Crippen molar-refractivity contribution >= 4 is 11.9 Å². The number of aromatic amines is 1. The molecule has 1 amide bonds. The summed E-state index contributed by atoms with van der Waals surface area (Å²) < 4.78 is 7.24. The normalized spacial score (nSPS) is 16.2. The Morgan fingerprint density at radius 2 is 1.90 bits per heavy atom. The number of aliphatic hydroxyl groups is 1. The fourth-order valence-corrected chi connectivity index (χ4v) is 5.68. The molecule has 4 aromatic rings. The van der Waals surface area contributed by atoms with E-state index in [-0.39, 0.29) is 24.5 Å². The van der Waals surface area contributed by atoms with Crippen LogP contribution >= 0.6 is 0 Å². The zero-order valence-corrected chi connectivity index (χ0v) is 23.0. The van der Waals surface area contributed by atoms with Crippen molar-refractivity contribution in [2.24, 2.45) is 0 Å². The Labute approximate surface area is 236 Å². The Morgan fingerprint density at radius 1 is 1.12 bits per heavy atom. The molecule has 6 rings (SSSR count). The number of aliphatic hydroxyl groups excluding tert-OH is 1. The summed E-state index contributed by atoms with van der Waals surface area (Å²) in [5.74, 6) is 0.0740. The van der Waals surface area contributed by atoms with E-state index in [4.69, 9.17) is 9.72 Å². The lowest BCUT2D eigenvalue weighted by Gasteiger charge is -2.30. The molecule has 210 valence electrons. The SMILES string of the molecule is CCCCc1nc2c(n1Cc1ccc(-c3ccccc3-c3nnn[nH]3)cc1)CC1C(O)=C(C(=O)OCC)C(=O)N1C2. The lowest BCUT2D eigenvalue weighted by Crippen LogP contribution is -2.41. The van der Waals surface area contributed by atoms with Gasteiger partial charge in [0.2, 0.25) is 0 Å². The van der Waals surface area contributed by atoms with Gasteiger partial charge in [-0.25, -0.2) is 14.9 Å². The van der Waals surface area contributed by atoms with Crippen LogP contribution in [0.3, 0.4) is 0 Å². The van der Waals surface area contributed by atoms with Crippen LogP contribution < -0.4 is 0 Å². The highest BCUT2D eigenvalue weighted by Gasteiger charge is 2.47. The van der Waals surface area contributed by atoms with E-state index < -0.39 is 17.9 Å². The van der Waals surface area contributed by atoms with Gasteiger partial charge in [0.1, 0.15) is 11.6 Å². The number of unbranched alkanes of at least 4 members (excludes halogenated alkanes) is 1. The molecule has 0 saturated heterocycles. The number of benzene rings is 2. The highest BCUT2D eigenvalue weighted by molar-refractivity contribution is 6.18. The molecule has 0 bridgehead atoms. The summed E-state index contributed by atoms with van der Waals surface area (Å²) in [6.45, 7) is 4.79. The standard InChI is InChI=1S/C30H31N7O4/c1-3-5-10-25-31-22-17-37-24(27(38)26(29(37)39)30(40)41-4-2)15-23(22)36(25)16-18-11-13-19(14-12-18)20-8-6-7-9-21(20)28-32-34-35-33-28/h6-9,11-14,24,38H,3-5,10,15-17H2,1-2H3,(H,32,33,34,35). The van der Waals surface area contributed by atoms with Gasteiger partial charge in [0.15, 0.2) is 11.4 Å². The fourth-order valence-electron chi connectivity index (χ4n) is 5.68. The second kappa shape index (κ2) is 11.0. The van der Waals surface area contributed by atoms with Gasteiger partial charge in [0.05, 0.1) is 24.9 Å². The molecule has 2 aliphatic heterocycles. The van der Waals surface area contributed by atoms with Crippen molar-refractivity contribution in [3.05, 3.63) is 82.6 Å². The molecule has 2 N–H and O–H groups in total. The van der Waals surface area contributed by atoms with E-state index in [1.54, 1.807) is 6.92 Å². The number of H-pyrrole nitrogens is 1. The van der Waals surface area contributed by atoms with Crippen molar-refractivity contribution in [3.8, 4) is 22.5 Å². The number of fused-ring (bicyclic) bond motifs is 2. The first kappa shape index (κ1) is 26.4. The summed E-state index contributed by atoms with van der Waals surface area (Å²) in [7, 11) is 0. The van der Waals surface area contributed by atoms with Crippen LogP contribution in [0.2, 0.25) is 0 Å². The van der Waals surface area contributed by atoms with Crippen LogP contribution in [-0.4, -0.2) is 64.7 Å². The molecule has 2 aromatic heterocycles. The molecular weight excluding hydrogens is 522 g/mol. The molecule has 0 radical (unpaired) electrons. The van der Waals surface area contributed by atoms with Crippen LogP contribution in [0.25, 0.3) is 22.5 Å². The highest BCUT2D eigenvalue weighted by atomic mass is 16.5. The van der Waals surface area contributed by atoms with Crippen LogP contribution in [0, 0.1) is 0 Å². The Balaban J connectivity index is 1.30. The first-order chi connectivity index (χ1) is 20.0. The number of imidazole rings is 1. The molecule has 1 unspecified atom stereocenters. The third-order valence-electron chi connectivity index (χ3n) is 7.73. The molecule has 11 nitrogen and oxygen atoms in total. The maximum atomic E-state index is 13.0. The number of carbonyl (C=O) groups is 2. The average Bonchev–Trinajstić information content (AvgIpc) is 3.69. The number of nitrogens with zero attached hydrogens (tertiary/aromatic N) is 6. The summed E-state index contributed by atoms with van der Waals surface area (Å²) in [5, 5.41) is 25.2. The molecule has 0 spiro atoms. The van der Waals surface area contributed by atoms with Crippen LogP contribution in [0.5, 0.6) is 0 Å². The minimum absolute atomic E-state index is 0.128. The number of amides is 1. The van der Waals surface area contributed by atoms with Gasteiger partial charge in [-0.1, -0.05) is 61.9 Å². The van der Waals surface area contributed by atoms with Crippen LogP contribution in [0.15, 0.2) is 59.9 Å². The predicted octanol–water partition coefficient (Wildman–Crippen LogP) is 3.76. The molecule has 4 heterocycles. The molecule has 1 atom stereocenters. The van der Waals surface area contributed by atoms with E-state index >= 15 is 0 Å². The number of hydrogen-bond donors (Lipinski definition) is 2. The molecule has 0 saturated carbocycles. The summed E-state index contributed by atoms with van der Waals surface area (Å²) in [5.41, 5.74) is 5.60. The second-order valence-corrected chi connectivity index (χ2v) is 10.2. The van der Waals surface area contributed by atoms with Crippen LogP contribution in [-0.2, 0) is 40.3 Å². The summed E-state index contributed by atoms with van der Waals surface area (Å²) in [6.07, 6.45) is 3.22. The van der Waals surface area contributed by atoms with Crippen molar-refractivity contribution in [1.82, 2.24) is 35.1 Å². The Hall–Kier alpha value is -4.80. The largest absolute Gasteiger partial charge is 0.509 e. The monoisotopic (exact) mass is 553 g/mol. The minimum Gasteiger partial charge on any atom is -0.509 e. The van der Waals surface area contributed by atoms with Gasteiger partial charge >= 0.3 is 5.97 Å². The van der Waals surface area contributed by atoms with Gasteiger partial charge < -0.3 is 19.3 Å². The van der Waals surface area contributed by atoms with Crippen molar-refractivity contribution in [3.63, 3.8) is 0 Å². The molecule has 0 fully saturated rings. The number of tetrazole rings is 1. The van der Waals surface area contributed by atoms with Gasteiger partial charge in [0.25, 0.3) is 5.91 Å². The third kappa shape index (κ3) is 4.77. The molecular formula is C30H31N7O4. The van der Waals surface area contributed by atoms with Gasteiger partial charge in [-0.15, -0.1) is 5.10 Å². The van der Waals surface area contributed by atoms with Gasteiger partial charge in [0, 0.05) is 30.6 Å². The number of nitrogens with one attached hydrogen (secondary N) is 1. The van der Waals surface area contributed by atoms with E-state index in [0.717, 1.165) is 58.7 Å². The first-order valence-electron chi connectivity index (χ1n) is 13.9. The summed E-state index contributed by atoms with van der Waals surface area (Å²) >= 11 is 0. The lowest BCUT2D eigenvalue weighted by molar-refractivity contribution is -0.141. The second-order valence-electron chi connectivity index (χ2n) is 10.2. The number of esters is 1. The Kier molecular flexibility index (Phi) is 7.08. The quantitative estimate of drug-likeness (QED) is 0.236. The van der Waals surface area contributed by atoms with E-state index in [1.165, 1.54) is 4.90 Å². The van der Waals surface area contributed by atoms with E-state index in [2.05, 4.69) is 56.4 Å². The zero-order valence-electron chi connectivity index (χ0n) is 23.0. The summed E-state index contributed by atoms with van der Waals surface area (Å²) in [4.78, 5) is 31.9. The first-order valence-corrected chi connectivity index (χ1v) is 13.9. The Morgan fingerprint density at radius 3 is 2.61 bits per heavy atom. The minimum atomic E-state index is -0.783. The molecule has 0 aliphatic carbocycles. The highest BCUT2D eigenvalue weighted by Crippen LogP contribution is 2.35. The number of aromatic nitrogens is 6. The van der Waals surface area contributed by atoms with Crippen LogP contribution in [0.1, 0.15) is 49.5 Å². The fraction of sp³-hybridized carbons (Fsp3) is 0.333. The van der Waals surface area contributed by atoms with Gasteiger partial charge in [-0.05, 0) is 40.5 Å². The van der Waals surface area contributed by atoms with Crippen molar-refractivity contribution in [2.45, 2.75) is 58.7 Å². The molecule has 2 aliphatic rings. The predicted molar refractivity (Wildman–Crippen MR) is 149 cm³/mol. The number of rotatable bonds is 9. The van der Waals surface area contributed by atoms with Crippen molar-refractivity contribution in [2.75, 3.05) is 6.61 Å². The van der Waals surface area contributed by atoms with Gasteiger partial charge in [-0.2, -0.15) is 0 Å². The number of ether oxygens (including phenoxy) is 1. The number of carbonyl (C=O) groups excluding carboxylic acids is 2. The molecule has 41 heavy (non-hydrogen) atoms. The maximum absolute atomic E-state index is 13.0. The van der Waals surface area contributed by atoms with E-state index in [9.17, 15) is 14.7 Å². The molecule has 11 heteroatoms. The number of hydrogen-bond acceptors (Lipinski definition) is 8. The van der Waals surface area contributed by atoms with E-state index in [1.807, 2.05) is 24.3 Å². The Bertz CT molecular complexity index is 1620. The molecule has 2 aromatic carbocycles. The zero-order chi connectivity index (χ0) is 28.5. The van der Waals surface area contributed by atoms with Crippen molar-refractivity contribution < 1.29 is 19.4 Å². The number of aryl methyl sites for hydroxylation is 1. The topological polar surface area (TPSA) is 139 Å². The average molecular weight is 554 g/mol. The van der Waals surface area contributed by atoms with Crippen LogP contribution in [0.4, 0.5) is 0 Å². The lowest BCUT2D eigenvalue weighted by atomic mass is 9.98. The maximum Gasteiger partial charge on any atom is 0.347 e. The smallest absolute Gasteiger partial charge is 0.347 e. The third-order valence-corrected chi connectivity index (χ3v) is 7.73.